The standard InChI is InChI=1S/C11H26N2/c1-5-6-7-8-12-9-11(4)13-10(2)3/h10-13H,5-9H2,1-4H3. The van der Waals surface area contributed by atoms with Gasteiger partial charge in [-0.2, -0.15) is 0 Å². The monoisotopic (exact) mass is 186 g/mol. The Kier molecular flexibility index (Phi) is 8.46. The van der Waals surface area contributed by atoms with Gasteiger partial charge in [0.05, 0.1) is 0 Å². The largest absolute Gasteiger partial charge is 0.315 e. The van der Waals surface area contributed by atoms with Crippen molar-refractivity contribution < 1.29 is 0 Å². The first-order chi connectivity index (χ1) is 6.16. The Labute approximate surface area is 83.5 Å². The summed E-state index contributed by atoms with van der Waals surface area (Å²) in [5.41, 5.74) is 0. The van der Waals surface area contributed by atoms with E-state index in [0.29, 0.717) is 12.1 Å². The molecule has 0 saturated heterocycles. The highest BCUT2D eigenvalue weighted by atomic mass is 15.0. The van der Waals surface area contributed by atoms with E-state index in [1.165, 1.54) is 19.3 Å². The minimum Gasteiger partial charge on any atom is -0.315 e. The highest BCUT2D eigenvalue weighted by Gasteiger charge is 2.01. The van der Waals surface area contributed by atoms with E-state index in [0.717, 1.165) is 13.1 Å². The first kappa shape index (κ1) is 12.9. The molecule has 0 saturated carbocycles. The molecule has 0 fully saturated rings. The van der Waals surface area contributed by atoms with Gasteiger partial charge in [-0.25, -0.2) is 0 Å². The predicted octanol–water partition coefficient (Wildman–Crippen LogP) is 2.15. The van der Waals surface area contributed by atoms with Crippen LogP contribution in [0.3, 0.4) is 0 Å². The molecule has 0 aromatic heterocycles. The lowest BCUT2D eigenvalue weighted by molar-refractivity contribution is 0.456. The molecular formula is C11H26N2. The van der Waals surface area contributed by atoms with Crippen molar-refractivity contribution >= 4 is 0 Å². The van der Waals surface area contributed by atoms with Gasteiger partial charge in [0.25, 0.3) is 0 Å². The quantitative estimate of drug-likeness (QED) is 0.568. The van der Waals surface area contributed by atoms with Gasteiger partial charge in [-0.05, 0) is 19.9 Å². The molecule has 0 aromatic rings. The zero-order valence-corrected chi connectivity index (χ0v) is 9.69. The van der Waals surface area contributed by atoms with E-state index >= 15 is 0 Å². The first-order valence-corrected chi connectivity index (χ1v) is 5.63. The van der Waals surface area contributed by atoms with Crippen molar-refractivity contribution in [3.8, 4) is 0 Å². The zero-order chi connectivity index (χ0) is 10.1. The second-order valence-corrected chi connectivity index (χ2v) is 4.13. The molecule has 0 aliphatic carbocycles. The molecule has 13 heavy (non-hydrogen) atoms. The molecule has 2 N–H and O–H groups in total. The summed E-state index contributed by atoms with van der Waals surface area (Å²) in [4.78, 5) is 0. The van der Waals surface area contributed by atoms with E-state index in [-0.39, 0.29) is 0 Å². The number of unbranched alkanes of at least 4 members (excludes halogenated alkanes) is 2. The maximum atomic E-state index is 3.47. The van der Waals surface area contributed by atoms with Crippen molar-refractivity contribution in [1.82, 2.24) is 10.6 Å². The van der Waals surface area contributed by atoms with Crippen LogP contribution in [-0.2, 0) is 0 Å². The number of rotatable bonds is 8. The van der Waals surface area contributed by atoms with Crippen LogP contribution in [0.25, 0.3) is 0 Å². The average Bonchev–Trinajstić information content (AvgIpc) is 2.02. The molecule has 0 spiro atoms. The van der Waals surface area contributed by atoms with Crippen LogP contribution < -0.4 is 10.6 Å². The topological polar surface area (TPSA) is 24.1 Å². The molecule has 2 nitrogen and oxygen atoms in total. The van der Waals surface area contributed by atoms with Gasteiger partial charge >= 0.3 is 0 Å². The summed E-state index contributed by atoms with van der Waals surface area (Å²) in [5.74, 6) is 0. The van der Waals surface area contributed by atoms with Gasteiger partial charge in [0.1, 0.15) is 0 Å². The SMILES string of the molecule is CCCCCNCC(C)NC(C)C. The maximum Gasteiger partial charge on any atom is 0.0166 e. The molecule has 0 aromatic carbocycles. The minimum atomic E-state index is 0.585. The molecule has 0 heterocycles. The summed E-state index contributed by atoms with van der Waals surface area (Å²) in [7, 11) is 0. The lowest BCUT2D eigenvalue weighted by Crippen LogP contribution is -2.40. The minimum absolute atomic E-state index is 0.585. The normalized spacial score (nSPS) is 13.6. The van der Waals surface area contributed by atoms with Gasteiger partial charge in [0, 0.05) is 18.6 Å². The van der Waals surface area contributed by atoms with Crippen molar-refractivity contribution in [2.45, 2.75) is 59.0 Å². The third-order valence-electron chi connectivity index (χ3n) is 2.03. The lowest BCUT2D eigenvalue weighted by atomic mass is 10.2. The smallest absolute Gasteiger partial charge is 0.0166 e. The van der Waals surface area contributed by atoms with E-state index in [1.54, 1.807) is 0 Å². The number of nitrogens with one attached hydrogen (secondary N) is 2. The Morgan fingerprint density at radius 3 is 2.31 bits per heavy atom. The summed E-state index contributed by atoms with van der Waals surface area (Å²) >= 11 is 0. The van der Waals surface area contributed by atoms with E-state index < -0.39 is 0 Å². The molecule has 2 heteroatoms. The van der Waals surface area contributed by atoms with E-state index in [9.17, 15) is 0 Å². The zero-order valence-electron chi connectivity index (χ0n) is 9.69. The average molecular weight is 186 g/mol. The summed E-state index contributed by atoms with van der Waals surface area (Å²) in [6.07, 6.45) is 3.96. The van der Waals surface area contributed by atoms with Gasteiger partial charge in [-0.3, -0.25) is 0 Å². The second kappa shape index (κ2) is 8.52. The summed E-state index contributed by atoms with van der Waals surface area (Å²) in [5, 5.41) is 6.93. The van der Waals surface area contributed by atoms with Gasteiger partial charge in [0.15, 0.2) is 0 Å². The molecule has 1 unspecified atom stereocenters. The molecule has 0 rings (SSSR count). The maximum absolute atomic E-state index is 3.47. The van der Waals surface area contributed by atoms with Gasteiger partial charge < -0.3 is 10.6 Å². The van der Waals surface area contributed by atoms with Gasteiger partial charge in [-0.15, -0.1) is 0 Å². The Balaban J connectivity index is 3.12. The molecular weight excluding hydrogens is 160 g/mol. The predicted molar refractivity (Wildman–Crippen MR) is 60.1 cm³/mol. The van der Waals surface area contributed by atoms with E-state index in [4.69, 9.17) is 0 Å². The summed E-state index contributed by atoms with van der Waals surface area (Å²) in [6, 6.07) is 1.18. The fourth-order valence-electron chi connectivity index (χ4n) is 1.45. The Hall–Kier alpha value is -0.0800. The Morgan fingerprint density at radius 1 is 1.08 bits per heavy atom. The van der Waals surface area contributed by atoms with Crippen LogP contribution in [0.4, 0.5) is 0 Å². The van der Waals surface area contributed by atoms with Gasteiger partial charge in [0.2, 0.25) is 0 Å². The fourth-order valence-corrected chi connectivity index (χ4v) is 1.45. The Morgan fingerprint density at radius 2 is 1.77 bits per heavy atom. The van der Waals surface area contributed by atoms with Crippen LogP contribution in [0.1, 0.15) is 47.0 Å². The molecule has 0 aliphatic rings. The van der Waals surface area contributed by atoms with Crippen LogP contribution in [0.15, 0.2) is 0 Å². The van der Waals surface area contributed by atoms with Crippen LogP contribution >= 0.6 is 0 Å². The highest BCUT2D eigenvalue weighted by Crippen LogP contribution is 1.91. The second-order valence-electron chi connectivity index (χ2n) is 4.13. The summed E-state index contributed by atoms with van der Waals surface area (Å²) < 4.78 is 0. The van der Waals surface area contributed by atoms with E-state index in [2.05, 4.69) is 38.3 Å². The number of hydrogen-bond acceptors (Lipinski definition) is 2. The van der Waals surface area contributed by atoms with Crippen LogP contribution in [0, 0.1) is 0 Å². The Bertz CT molecular complexity index is 102. The van der Waals surface area contributed by atoms with Gasteiger partial charge in [-0.1, -0.05) is 33.6 Å². The van der Waals surface area contributed by atoms with Crippen LogP contribution in [0.2, 0.25) is 0 Å². The van der Waals surface area contributed by atoms with Crippen molar-refractivity contribution in [2.24, 2.45) is 0 Å². The van der Waals surface area contributed by atoms with Crippen molar-refractivity contribution in [3.63, 3.8) is 0 Å². The molecule has 1 atom stereocenters. The van der Waals surface area contributed by atoms with Crippen LogP contribution in [-0.4, -0.2) is 25.2 Å². The fraction of sp³-hybridized carbons (Fsp3) is 1.00. The lowest BCUT2D eigenvalue weighted by Gasteiger charge is -2.17. The third kappa shape index (κ3) is 9.84. The number of hydrogen-bond donors (Lipinski definition) is 2. The molecule has 0 bridgehead atoms. The van der Waals surface area contributed by atoms with Crippen molar-refractivity contribution in [3.05, 3.63) is 0 Å². The molecule has 0 aliphatic heterocycles. The highest BCUT2D eigenvalue weighted by molar-refractivity contribution is 4.66. The van der Waals surface area contributed by atoms with E-state index in [1.807, 2.05) is 0 Å². The molecule has 0 radical (unpaired) electrons. The molecule has 80 valence electrons. The molecule has 0 amide bonds. The first-order valence-electron chi connectivity index (χ1n) is 5.63. The van der Waals surface area contributed by atoms with Crippen LogP contribution in [0.5, 0.6) is 0 Å². The third-order valence-corrected chi connectivity index (χ3v) is 2.03. The van der Waals surface area contributed by atoms with Crippen molar-refractivity contribution in [2.75, 3.05) is 13.1 Å². The summed E-state index contributed by atoms with van der Waals surface area (Å²) in [6.45, 7) is 11.1. The van der Waals surface area contributed by atoms with Crippen molar-refractivity contribution in [1.29, 1.82) is 0 Å².